The van der Waals surface area contributed by atoms with Gasteiger partial charge in [-0.25, -0.2) is 0 Å². The summed E-state index contributed by atoms with van der Waals surface area (Å²) in [5.41, 5.74) is 7.39. The van der Waals surface area contributed by atoms with E-state index in [1.165, 1.54) is 0 Å². The van der Waals surface area contributed by atoms with Gasteiger partial charge in [0.05, 0.1) is 16.4 Å². The molecule has 0 radical (unpaired) electrons. The highest BCUT2D eigenvalue weighted by Crippen LogP contribution is 2.34. The molecule has 0 spiro atoms. The van der Waals surface area contributed by atoms with Gasteiger partial charge >= 0.3 is 17.0 Å². The first-order chi connectivity index (χ1) is 20.6. The van der Waals surface area contributed by atoms with Crippen LogP contribution in [0.15, 0.2) is 149 Å². The van der Waals surface area contributed by atoms with Crippen molar-refractivity contribution in [3.05, 3.63) is 160 Å². The predicted molar refractivity (Wildman–Crippen MR) is 171 cm³/mol. The van der Waals surface area contributed by atoms with Gasteiger partial charge in [-0.1, -0.05) is 117 Å². The van der Waals surface area contributed by atoms with Crippen LogP contribution in [0.2, 0.25) is 0 Å². The summed E-state index contributed by atoms with van der Waals surface area (Å²) in [5.74, 6) is 0.674. The summed E-state index contributed by atoms with van der Waals surface area (Å²) in [6.07, 6.45) is 0. The molecule has 0 bridgehead atoms. The van der Waals surface area contributed by atoms with E-state index in [9.17, 15) is 4.79 Å². The van der Waals surface area contributed by atoms with Crippen molar-refractivity contribution < 1.29 is 4.57 Å². The van der Waals surface area contributed by atoms with Gasteiger partial charge in [-0.15, -0.1) is 0 Å². The molecule has 2 heterocycles. The molecule has 202 valence electrons. The number of aryl methyl sites for hydroxylation is 1. The Morgan fingerprint density at radius 2 is 1.14 bits per heavy atom. The Labute approximate surface area is 251 Å². The lowest BCUT2D eigenvalue weighted by atomic mass is 10.0. The molecule has 0 aliphatic rings. The highest BCUT2D eigenvalue weighted by atomic mass is 79.9. The Hall–Kier alpha value is -5.07. The summed E-state index contributed by atoms with van der Waals surface area (Å²) in [6, 6.07) is 46.3. The highest BCUT2D eigenvalue weighted by Gasteiger charge is 2.33. The largest absolute Gasteiger partial charge is 0.338 e. The van der Waals surface area contributed by atoms with E-state index in [-0.39, 0.29) is 5.56 Å². The smallest absolute Gasteiger partial charge is 0.267 e. The molecule has 0 fully saturated rings. The molecular weight excluding hydrogens is 584 g/mol. The Bertz CT molecular complexity index is 2080. The highest BCUT2D eigenvalue weighted by molar-refractivity contribution is 9.10. The lowest BCUT2D eigenvalue weighted by molar-refractivity contribution is -0.557. The summed E-state index contributed by atoms with van der Waals surface area (Å²) < 4.78 is 6.58. The Balaban J connectivity index is 1.74. The topological polar surface area (TPSA) is 43.2 Å². The zero-order chi connectivity index (χ0) is 28.6. The first-order valence-electron chi connectivity index (χ1n) is 13.7. The number of benzene rings is 5. The SMILES string of the molecule is Cc1ccc(-n2c(-c3ccccc3)c(-c3ccccc3)n3nc(-c4ccccc4)[n+](-c4ccc(Br)cc4)c3c2=O)cc1. The van der Waals surface area contributed by atoms with Crippen molar-refractivity contribution in [3.8, 4) is 45.3 Å². The van der Waals surface area contributed by atoms with Gasteiger partial charge in [0.1, 0.15) is 5.69 Å². The average Bonchev–Trinajstić information content (AvgIpc) is 3.44. The van der Waals surface area contributed by atoms with Crippen molar-refractivity contribution in [3.63, 3.8) is 0 Å². The van der Waals surface area contributed by atoms with Crippen molar-refractivity contribution in [2.45, 2.75) is 6.92 Å². The second-order valence-corrected chi connectivity index (χ2v) is 11.1. The second-order valence-electron chi connectivity index (χ2n) is 10.1. The molecule has 0 saturated carbocycles. The fourth-order valence-electron chi connectivity index (χ4n) is 5.40. The molecule has 42 heavy (non-hydrogen) atoms. The predicted octanol–water partition coefficient (Wildman–Crippen LogP) is 7.83. The molecule has 2 aromatic heterocycles. The van der Waals surface area contributed by atoms with Crippen molar-refractivity contribution in [2.24, 2.45) is 0 Å². The zero-order valence-corrected chi connectivity index (χ0v) is 24.4. The first kappa shape index (κ1) is 25.9. The summed E-state index contributed by atoms with van der Waals surface area (Å²) in [5, 5.41) is 5.21. The molecular formula is C36H26BrN4O+. The van der Waals surface area contributed by atoms with Crippen molar-refractivity contribution in [2.75, 3.05) is 0 Å². The van der Waals surface area contributed by atoms with Crippen LogP contribution in [0.25, 0.3) is 50.9 Å². The van der Waals surface area contributed by atoms with E-state index in [0.29, 0.717) is 11.5 Å². The third kappa shape index (κ3) is 4.46. The minimum atomic E-state index is -0.171. The quantitative estimate of drug-likeness (QED) is 0.187. The Morgan fingerprint density at radius 1 is 0.619 bits per heavy atom. The number of halogens is 1. The van der Waals surface area contributed by atoms with Crippen LogP contribution in [0.4, 0.5) is 0 Å². The number of rotatable bonds is 5. The first-order valence-corrected chi connectivity index (χ1v) is 14.5. The normalized spacial score (nSPS) is 11.2. The molecule has 5 nitrogen and oxygen atoms in total. The minimum Gasteiger partial charge on any atom is -0.267 e. The van der Waals surface area contributed by atoms with Crippen LogP contribution in [0, 0.1) is 6.92 Å². The molecule has 0 aliphatic heterocycles. The third-order valence-electron chi connectivity index (χ3n) is 7.38. The van der Waals surface area contributed by atoms with Crippen molar-refractivity contribution >= 4 is 21.6 Å². The van der Waals surface area contributed by atoms with E-state index in [1.807, 2.05) is 148 Å². The second kappa shape index (κ2) is 10.7. The summed E-state index contributed by atoms with van der Waals surface area (Å²) >= 11 is 3.57. The number of nitrogens with zero attached hydrogens (tertiary/aromatic N) is 4. The van der Waals surface area contributed by atoms with Crippen molar-refractivity contribution in [1.82, 2.24) is 14.2 Å². The Morgan fingerprint density at radius 3 is 1.71 bits per heavy atom. The van der Waals surface area contributed by atoms with Crippen LogP contribution >= 0.6 is 15.9 Å². The van der Waals surface area contributed by atoms with Gasteiger partial charge in [0.25, 0.3) is 0 Å². The number of hydrogen-bond acceptors (Lipinski definition) is 2. The van der Waals surface area contributed by atoms with Crippen LogP contribution in [-0.2, 0) is 0 Å². The third-order valence-corrected chi connectivity index (χ3v) is 7.91. The average molecular weight is 611 g/mol. The van der Waals surface area contributed by atoms with Gasteiger partial charge in [-0.3, -0.25) is 9.36 Å². The van der Waals surface area contributed by atoms with E-state index >= 15 is 0 Å². The van der Waals surface area contributed by atoms with Gasteiger partial charge in [0.2, 0.25) is 0 Å². The van der Waals surface area contributed by atoms with Crippen LogP contribution in [0.3, 0.4) is 0 Å². The van der Waals surface area contributed by atoms with E-state index < -0.39 is 0 Å². The minimum absolute atomic E-state index is 0.171. The molecule has 0 amide bonds. The summed E-state index contributed by atoms with van der Waals surface area (Å²) in [7, 11) is 0. The molecule has 6 heteroatoms. The monoisotopic (exact) mass is 609 g/mol. The summed E-state index contributed by atoms with van der Waals surface area (Å²) in [4.78, 5) is 15.0. The number of fused-ring (bicyclic) bond motifs is 1. The maximum atomic E-state index is 15.0. The fraction of sp³-hybridized carbons (Fsp3) is 0.0278. The van der Waals surface area contributed by atoms with Crippen LogP contribution in [-0.4, -0.2) is 14.2 Å². The Kier molecular flexibility index (Phi) is 6.61. The molecule has 0 aliphatic carbocycles. The van der Waals surface area contributed by atoms with Gasteiger partial charge in [-0.2, -0.15) is 4.57 Å². The zero-order valence-electron chi connectivity index (χ0n) is 22.9. The van der Waals surface area contributed by atoms with Crippen LogP contribution in [0.1, 0.15) is 5.56 Å². The van der Waals surface area contributed by atoms with E-state index in [4.69, 9.17) is 5.10 Å². The van der Waals surface area contributed by atoms with Crippen LogP contribution in [0.5, 0.6) is 0 Å². The van der Waals surface area contributed by atoms with Gasteiger partial charge < -0.3 is 0 Å². The lowest BCUT2D eigenvalue weighted by Crippen LogP contribution is -2.39. The molecule has 7 aromatic rings. The molecule has 7 rings (SSSR count). The number of aromatic nitrogens is 4. The molecule has 0 N–H and O–H groups in total. The van der Waals surface area contributed by atoms with E-state index in [0.717, 1.165) is 49.5 Å². The molecule has 0 unspecified atom stereocenters. The van der Waals surface area contributed by atoms with Gasteiger partial charge in [-0.05, 0) is 55.5 Å². The van der Waals surface area contributed by atoms with Gasteiger partial charge in [0, 0.05) is 21.3 Å². The molecule has 0 saturated heterocycles. The lowest BCUT2D eigenvalue weighted by Gasteiger charge is -2.17. The van der Waals surface area contributed by atoms with Crippen LogP contribution < -0.4 is 10.1 Å². The standard InChI is InChI=1S/C36H26BrN4O/c1-25-17-21-30(22-18-25)39-32(26-11-5-2-6-12-26)33(27-13-7-3-8-14-27)41-35(36(39)42)40(31-23-19-29(37)20-24-31)34(38-41)28-15-9-4-10-16-28/h2-24H,1H3/q+1. The number of hydrogen-bond donors (Lipinski definition) is 0. The van der Waals surface area contributed by atoms with E-state index in [1.54, 1.807) is 0 Å². The van der Waals surface area contributed by atoms with Crippen molar-refractivity contribution in [1.29, 1.82) is 0 Å². The molecule has 5 aromatic carbocycles. The summed E-state index contributed by atoms with van der Waals surface area (Å²) in [6.45, 7) is 2.05. The maximum absolute atomic E-state index is 15.0. The van der Waals surface area contributed by atoms with E-state index in [2.05, 4.69) is 28.1 Å². The van der Waals surface area contributed by atoms with Gasteiger partial charge in [0.15, 0.2) is 5.69 Å². The fourth-order valence-corrected chi connectivity index (χ4v) is 5.66. The molecule has 0 atom stereocenters. The maximum Gasteiger partial charge on any atom is 0.338 e.